The predicted molar refractivity (Wildman–Crippen MR) is 69.6 cm³/mol. The smallest absolute Gasteiger partial charge is 0.311 e. The number of hydrogen-bond acceptors (Lipinski definition) is 3. The Kier molecular flexibility index (Phi) is 3.74. The average Bonchev–Trinajstić information content (AvgIpc) is 2.84. The van der Waals surface area contributed by atoms with Crippen molar-refractivity contribution in [2.45, 2.75) is 20.3 Å². The summed E-state index contributed by atoms with van der Waals surface area (Å²) in [5, 5.41) is 9.44. The van der Waals surface area contributed by atoms with Crippen LogP contribution < -0.4 is 0 Å². The highest BCUT2D eigenvalue weighted by Crippen LogP contribution is 2.38. The molecule has 0 aliphatic carbocycles. The van der Waals surface area contributed by atoms with Crippen LogP contribution in [0.3, 0.4) is 0 Å². The molecule has 20 heavy (non-hydrogen) atoms. The zero-order valence-electron chi connectivity index (χ0n) is 11.5. The summed E-state index contributed by atoms with van der Waals surface area (Å²) < 4.78 is 13.0. The number of carbonyl (C=O) groups is 2. The van der Waals surface area contributed by atoms with Crippen LogP contribution in [-0.4, -0.2) is 40.0 Å². The largest absolute Gasteiger partial charge is 0.481 e. The van der Waals surface area contributed by atoms with Crippen LogP contribution in [0.4, 0.5) is 4.39 Å². The summed E-state index contributed by atoms with van der Waals surface area (Å²) in [5.74, 6) is -2.03. The number of aromatic nitrogens is 1. The van der Waals surface area contributed by atoms with Gasteiger partial charge in [-0.1, -0.05) is 13.8 Å². The van der Waals surface area contributed by atoms with Gasteiger partial charge in [0.25, 0.3) is 5.91 Å². The standard InChI is InChI=1S/C14H17FN2O3/c1-9(2)14(13(19)20)4-6-17(8-14)12(18)10-3-5-16-11(15)7-10/h3,5,7,9H,4,6,8H2,1-2H3,(H,19,20). The van der Waals surface area contributed by atoms with Crippen molar-refractivity contribution in [3.63, 3.8) is 0 Å². The number of pyridine rings is 1. The molecule has 108 valence electrons. The Morgan fingerprint density at radius 2 is 2.20 bits per heavy atom. The fourth-order valence-corrected chi connectivity index (χ4v) is 2.62. The Morgan fingerprint density at radius 1 is 1.50 bits per heavy atom. The normalized spacial score (nSPS) is 22.3. The first kappa shape index (κ1) is 14.4. The van der Waals surface area contributed by atoms with Crippen LogP contribution in [0.2, 0.25) is 0 Å². The first-order valence-electron chi connectivity index (χ1n) is 6.51. The first-order chi connectivity index (χ1) is 9.36. The molecule has 1 saturated heterocycles. The maximum Gasteiger partial charge on any atom is 0.311 e. The van der Waals surface area contributed by atoms with Crippen molar-refractivity contribution in [2.75, 3.05) is 13.1 Å². The molecule has 0 bridgehead atoms. The van der Waals surface area contributed by atoms with Crippen molar-refractivity contribution in [3.8, 4) is 0 Å². The van der Waals surface area contributed by atoms with E-state index in [9.17, 15) is 19.1 Å². The Balaban J connectivity index is 2.21. The summed E-state index contributed by atoms with van der Waals surface area (Å²) in [5.41, 5.74) is -0.719. The van der Waals surface area contributed by atoms with Gasteiger partial charge >= 0.3 is 5.97 Å². The number of carboxylic acid groups (broad SMARTS) is 1. The molecule has 1 amide bonds. The molecule has 1 atom stereocenters. The topological polar surface area (TPSA) is 70.5 Å². The van der Waals surface area contributed by atoms with Crippen molar-refractivity contribution >= 4 is 11.9 Å². The summed E-state index contributed by atoms with van der Waals surface area (Å²) in [4.78, 5) is 28.7. The van der Waals surface area contributed by atoms with Gasteiger partial charge in [-0.05, 0) is 18.4 Å². The SMILES string of the molecule is CC(C)C1(C(=O)O)CCN(C(=O)c2ccnc(F)c2)C1. The van der Waals surface area contributed by atoms with Gasteiger partial charge in [0.1, 0.15) is 0 Å². The van der Waals surface area contributed by atoms with E-state index >= 15 is 0 Å². The van der Waals surface area contributed by atoms with E-state index in [2.05, 4.69) is 4.98 Å². The van der Waals surface area contributed by atoms with Gasteiger partial charge in [0, 0.05) is 30.9 Å². The van der Waals surface area contributed by atoms with Crippen LogP contribution in [0, 0.1) is 17.3 Å². The minimum Gasteiger partial charge on any atom is -0.481 e. The molecule has 0 spiro atoms. The molecule has 0 saturated carbocycles. The number of rotatable bonds is 3. The predicted octanol–water partition coefficient (Wildman–Crippen LogP) is 1.79. The van der Waals surface area contributed by atoms with E-state index < -0.39 is 17.3 Å². The number of nitrogens with zero attached hydrogens (tertiary/aromatic N) is 2. The second-order valence-corrected chi connectivity index (χ2v) is 5.46. The van der Waals surface area contributed by atoms with E-state index in [1.165, 1.54) is 17.2 Å². The lowest BCUT2D eigenvalue weighted by molar-refractivity contribution is -0.150. The zero-order valence-corrected chi connectivity index (χ0v) is 11.5. The lowest BCUT2D eigenvalue weighted by atomic mass is 9.76. The van der Waals surface area contributed by atoms with E-state index in [-0.39, 0.29) is 23.9 Å². The van der Waals surface area contributed by atoms with Gasteiger partial charge in [0.05, 0.1) is 5.41 Å². The molecular formula is C14H17FN2O3. The summed E-state index contributed by atoms with van der Waals surface area (Å²) in [6.45, 7) is 4.21. The minimum absolute atomic E-state index is 0.0769. The maximum absolute atomic E-state index is 13.0. The molecule has 0 radical (unpaired) electrons. The molecule has 6 heteroatoms. The van der Waals surface area contributed by atoms with Crippen LogP contribution in [0.15, 0.2) is 18.3 Å². The highest BCUT2D eigenvalue weighted by Gasteiger charge is 2.48. The summed E-state index contributed by atoms with van der Waals surface area (Å²) in [6, 6.07) is 2.50. The maximum atomic E-state index is 13.0. The van der Waals surface area contributed by atoms with Gasteiger partial charge in [-0.2, -0.15) is 4.39 Å². The second-order valence-electron chi connectivity index (χ2n) is 5.46. The molecule has 1 fully saturated rings. The van der Waals surface area contributed by atoms with Crippen LogP contribution >= 0.6 is 0 Å². The highest BCUT2D eigenvalue weighted by molar-refractivity contribution is 5.95. The third-order valence-electron chi connectivity index (χ3n) is 4.09. The van der Waals surface area contributed by atoms with Crippen molar-refractivity contribution in [1.82, 2.24) is 9.88 Å². The van der Waals surface area contributed by atoms with Gasteiger partial charge in [-0.3, -0.25) is 9.59 Å². The molecule has 1 aromatic heterocycles. The quantitative estimate of drug-likeness (QED) is 0.857. The van der Waals surface area contributed by atoms with Crippen molar-refractivity contribution < 1.29 is 19.1 Å². The molecule has 1 aromatic rings. The van der Waals surface area contributed by atoms with E-state index in [0.29, 0.717) is 13.0 Å². The molecule has 1 N–H and O–H groups in total. The highest BCUT2D eigenvalue weighted by atomic mass is 19.1. The van der Waals surface area contributed by atoms with Gasteiger partial charge in [-0.25, -0.2) is 4.98 Å². The number of halogens is 1. The fraction of sp³-hybridized carbons (Fsp3) is 0.500. The number of aliphatic carboxylic acids is 1. The first-order valence-corrected chi connectivity index (χ1v) is 6.51. The van der Waals surface area contributed by atoms with E-state index in [1.54, 1.807) is 0 Å². The minimum atomic E-state index is -0.915. The van der Waals surface area contributed by atoms with Crippen molar-refractivity contribution in [2.24, 2.45) is 11.3 Å². The monoisotopic (exact) mass is 280 g/mol. The molecule has 2 heterocycles. The molecule has 2 rings (SSSR count). The van der Waals surface area contributed by atoms with E-state index in [4.69, 9.17) is 0 Å². The Morgan fingerprint density at radius 3 is 2.70 bits per heavy atom. The summed E-state index contributed by atoms with van der Waals surface area (Å²) >= 11 is 0. The van der Waals surface area contributed by atoms with Gasteiger partial charge in [0.15, 0.2) is 0 Å². The molecule has 1 aliphatic rings. The molecule has 1 aliphatic heterocycles. The molecule has 5 nitrogen and oxygen atoms in total. The van der Waals surface area contributed by atoms with Crippen molar-refractivity contribution in [1.29, 1.82) is 0 Å². The number of carbonyl (C=O) groups excluding carboxylic acids is 1. The fourth-order valence-electron chi connectivity index (χ4n) is 2.62. The summed E-state index contributed by atoms with van der Waals surface area (Å²) in [7, 11) is 0. The van der Waals surface area contributed by atoms with Gasteiger partial charge in [-0.15, -0.1) is 0 Å². The van der Waals surface area contributed by atoms with Gasteiger partial charge < -0.3 is 10.0 Å². The third kappa shape index (κ3) is 2.37. The Hall–Kier alpha value is -1.98. The average molecular weight is 280 g/mol. The third-order valence-corrected chi connectivity index (χ3v) is 4.09. The van der Waals surface area contributed by atoms with Crippen LogP contribution in [-0.2, 0) is 4.79 Å². The lowest BCUT2D eigenvalue weighted by Crippen LogP contribution is -2.40. The number of hydrogen-bond donors (Lipinski definition) is 1. The molecular weight excluding hydrogens is 263 g/mol. The molecule has 0 aromatic carbocycles. The second kappa shape index (κ2) is 5.19. The van der Waals surface area contributed by atoms with Crippen LogP contribution in [0.1, 0.15) is 30.6 Å². The summed E-state index contributed by atoms with van der Waals surface area (Å²) in [6.07, 6.45) is 1.64. The van der Waals surface area contributed by atoms with Gasteiger partial charge in [0.2, 0.25) is 5.95 Å². The number of amides is 1. The lowest BCUT2D eigenvalue weighted by Gasteiger charge is -2.28. The number of likely N-dealkylation sites (tertiary alicyclic amines) is 1. The Labute approximate surface area is 116 Å². The van der Waals surface area contributed by atoms with E-state index in [1.807, 2.05) is 13.8 Å². The Bertz CT molecular complexity index is 547. The molecule has 1 unspecified atom stereocenters. The number of carboxylic acids is 1. The van der Waals surface area contributed by atoms with Crippen molar-refractivity contribution in [3.05, 3.63) is 29.8 Å². The van der Waals surface area contributed by atoms with Crippen LogP contribution in [0.25, 0.3) is 0 Å². The van der Waals surface area contributed by atoms with E-state index in [0.717, 1.165) is 6.07 Å². The zero-order chi connectivity index (χ0) is 14.9. The van der Waals surface area contributed by atoms with Crippen LogP contribution in [0.5, 0.6) is 0 Å².